The van der Waals surface area contributed by atoms with Crippen molar-refractivity contribution in [3.05, 3.63) is 63.0 Å². The van der Waals surface area contributed by atoms with E-state index in [1.165, 1.54) is 11.3 Å². The van der Waals surface area contributed by atoms with Crippen molar-refractivity contribution in [1.82, 2.24) is 24.9 Å². The molecule has 0 spiro atoms. The third kappa shape index (κ3) is 3.47. The van der Waals surface area contributed by atoms with Gasteiger partial charge in [0, 0.05) is 24.2 Å². The van der Waals surface area contributed by atoms with Crippen LogP contribution in [-0.2, 0) is 12.1 Å². The topological polar surface area (TPSA) is 64.7 Å². The average molecular weight is 343 g/mol. The van der Waals surface area contributed by atoms with Crippen LogP contribution in [0.2, 0.25) is 0 Å². The zero-order valence-corrected chi connectivity index (χ0v) is 14.9. The second kappa shape index (κ2) is 6.70. The van der Waals surface area contributed by atoms with Crippen LogP contribution in [0.25, 0.3) is 5.69 Å². The lowest BCUT2D eigenvalue weighted by molar-refractivity contribution is 0.379. The standard InChI is InChI=1S/C17H21N5OS/c1-13-12-24-16(23)21(13)10-9-18-17(2,3)15-11-22(20-19-15)14-7-5-4-6-8-14/h4-8,11-12,18H,9-10H2,1-3H3. The summed E-state index contributed by atoms with van der Waals surface area (Å²) in [5.74, 6) is 0. The molecular formula is C17H21N5OS. The number of rotatable bonds is 6. The van der Waals surface area contributed by atoms with Gasteiger partial charge in [-0.05, 0) is 32.9 Å². The van der Waals surface area contributed by atoms with Crippen molar-refractivity contribution in [2.45, 2.75) is 32.9 Å². The quantitative estimate of drug-likeness (QED) is 0.746. The highest BCUT2D eigenvalue weighted by molar-refractivity contribution is 7.07. The van der Waals surface area contributed by atoms with Crippen molar-refractivity contribution < 1.29 is 0 Å². The predicted molar refractivity (Wildman–Crippen MR) is 95.7 cm³/mol. The first kappa shape index (κ1) is 16.6. The first-order chi connectivity index (χ1) is 11.5. The maximum absolute atomic E-state index is 11.8. The van der Waals surface area contributed by atoms with Crippen molar-refractivity contribution in [1.29, 1.82) is 0 Å². The molecule has 0 bridgehead atoms. The first-order valence-corrected chi connectivity index (χ1v) is 8.73. The molecule has 3 rings (SSSR count). The monoisotopic (exact) mass is 343 g/mol. The number of para-hydroxylation sites is 1. The van der Waals surface area contributed by atoms with Crippen molar-refractivity contribution in [2.75, 3.05) is 6.54 Å². The smallest absolute Gasteiger partial charge is 0.305 e. The number of aryl methyl sites for hydroxylation is 1. The van der Waals surface area contributed by atoms with E-state index in [1.54, 1.807) is 9.25 Å². The summed E-state index contributed by atoms with van der Waals surface area (Å²) < 4.78 is 3.56. The van der Waals surface area contributed by atoms with Crippen molar-refractivity contribution in [2.24, 2.45) is 0 Å². The van der Waals surface area contributed by atoms with E-state index in [9.17, 15) is 4.79 Å². The fraction of sp³-hybridized carbons (Fsp3) is 0.353. The molecule has 3 aromatic rings. The Bertz CT molecular complexity index is 862. The number of thiazole rings is 1. The maximum Gasteiger partial charge on any atom is 0.307 e. The van der Waals surface area contributed by atoms with Gasteiger partial charge in [-0.15, -0.1) is 5.10 Å². The van der Waals surface area contributed by atoms with E-state index >= 15 is 0 Å². The van der Waals surface area contributed by atoms with Crippen LogP contribution in [0, 0.1) is 6.92 Å². The Labute approximate surface area is 144 Å². The van der Waals surface area contributed by atoms with Crippen LogP contribution in [0.15, 0.2) is 46.7 Å². The molecule has 0 saturated heterocycles. The number of hydrogen-bond acceptors (Lipinski definition) is 5. The third-order valence-electron chi connectivity index (χ3n) is 4.03. The van der Waals surface area contributed by atoms with E-state index < -0.39 is 0 Å². The first-order valence-electron chi connectivity index (χ1n) is 7.85. The van der Waals surface area contributed by atoms with E-state index in [0.29, 0.717) is 13.1 Å². The summed E-state index contributed by atoms with van der Waals surface area (Å²) in [6.07, 6.45) is 1.93. The lowest BCUT2D eigenvalue weighted by atomic mass is 10.0. The second-order valence-electron chi connectivity index (χ2n) is 6.23. The molecule has 0 fully saturated rings. The zero-order valence-electron chi connectivity index (χ0n) is 14.1. The molecule has 0 amide bonds. The fourth-order valence-corrected chi connectivity index (χ4v) is 3.26. The average Bonchev–Trinajstić information content (AvgIpc) is 3.18. The third-order valence-corrected chi connectivity index (χ3v) is 4.91. The van der Waals surface area contributed by atoms with Gasteiger partial charge in [0.05, 0.1) is 17.4 Å². The number of hydrogen-bond donors (Lipinski definition) is 1. The molecule has 2 heterocycles. The molecule has 7 heteroatoms. The lowest BCUT2D eigenvalue weighted by Gasteiger charge is -2.23. The molecule has 2 aromatic heterocycles. The van der Waals surface area contributed by atoms with E-state index in [4.69, 9.17) is 0 Å². The Balaban J connectivity index is 1.67. The Kier molecular flexibility index (Phi) is 4.64. The molecule has 126 valence electrons. The van der Waals surface area contributed by atoms with Crippen LogP contribution in [-0.4, -0.2) is 26.1 Å². The molecule has 0 aliphatic carbocycles. The minimum absolute atomic E-state index is 0.0853. The van der Waals surface area contributed by atoms with Crippen LogP contribution < -0.4 is 10.2 Å². The van der Waals surface area contributed by atoms with Crippen LogP contribution in [0.3, 0.4) is 0 Å². The van der Waals surface area contributed by atoms with Crippen LogP contribution in [0.4, 0.5) is 0 Å². The van der Waals surface area contributed by atoms with E-state index in [-0.39, 0.29) is 10.4 Å². The van der Waals surface area contributed by atoms with Crippen molar-refractivity contribution >= 4 is 11.3 Å². The number of aromatic nitrogens is 4. The highest BCUT2D eigenvalue weighted by Gasteiger charge is 2.23. The molecule has 0 atom stereocenters. The van der Waals surface area contributed by atoms with Gasteiger partial charge in [0.2, 0.25) is 0 Å². The largest absolute Gasteiger partial charge is 0.307 e. The molecule has 1 N–H and O–H groups in total. The highest BCUT2D eigenvalue weighted by atomic mass is 32.1. The molecule has 6 nitrogen and oxygen atoms in total. The maximum atomic E-state index is 11.8. The van der Waals surface area contributed by atoms with Crippen molar-refractivity contribution in [3.8, 4) is 5.69 Å². The SMILES string of the molecule is Cc1csc(=O)n1CCNC(C)(C)c1cn(-c2ccccc2)nn1. The highest BCUT2D eigenvalue weighted by Crippen LogP contribution is 2.18. The van der Waals surface area contributed by atoms with Crippen LogP contribution in [0.5, 0.6) is 0 Å². The van der Waals surface area contributed by atoms with Crippen LogP contribution >= 0.6 is 11.3 Å². The van der Waals surface area contributed by atoms with Gasteiger partial charge in [-0.3, -0.25) is 4.79 Å². The van der Waals surface area contributed by atoms with Gasteiger partial charge in [0.25, 0.3) is 0 Å². The van der Waals surface area contributed by atoms with Gasteiger partial charge < -0.3 is 9.88 Å². The van der Waals surface area contributed by atoms with E-state index in [2.05, 4.69) is 29.5 Å². The summed E-state index contributed by atoms with van der Waals surface area (Å²) in [5, 5.41) is 13.9. The van der Waals surface area contributed by atoms with Gasteiger partial charge in [0.15, 0.2) is 0 Å². The van der Waals surface area contributed by atoms with Crippen LogP contribution in [0.1, 0.15) is 25.2 Å². The molecule has 1 aromatic carbocycles. The second-order valence-corrected chi connectivity index (χ2v) is 7.05. The minimum Gasteiger partial charge on any atom is -0.305 e. The molecule has 0 radical (unpaired) electrons. The molecule has 0 unspecified atom stereocenters. The van der Waals surface area contributed by atoms with Gasteiger partial charge in [-0.25, -0.2) is 4.68 Å². The molecule has 0 saturated carbocycles. The Morgan fingerprint density at radius 1 is 1.25 bits per heavy atom. The molecule has 0 aliphatic heterocycles. The number of nitrogens with one attached hydrogen (secondary N) is 1. The molecular weight excluding hydrogens is 322 g/mol. The summed E-state index contributed by atoms with van der Waals surface area (Å²) in [6.45, 7) is 7.41. The summed E-state index contributed by atoms with van der Waals surface area (Å²) >= 11 is 1.24. The summed E-state index contributed by atoms with van der Waals surface area (Å²) in [6, 6.07) is 9.90. The Morgan fingerprint density at radius 2 is 2.00 bits per heavy atom. The summed E-state index contributed by atoms with van der Waals surface area (Å²) in [4.78, 5) is 11.8. The van der Waals surface area contributed by atoms with Gasteiger partial charge in [-0.1, -0.05) is 34.7 Å². The molecule has 24 heavy (non-hydrogen) atoms. The fourth-order valence-electron chi connectivity index (χ4n) is 2.50. The predicted octanol–water partition coefficient (Wildman–Crippen LogP) is 2.32. The van der Waals surface area contributed by atoms with E-state index in [1.807, 2.05) is 48.8 Å². The van der Waals surface area contributed by atoms with E-state index in [0.717, 1.165) is 17.1 Å². The number of benzene rings is 1. The normalized spacial score (nSPS) is 11.8. The summed E-state index contributed by atoms with van der Waals surface area (Å²) in [5.41, 5.74) is 2.51. The zero-order chi connectivity index (χ0) is 17.2. The lowest BCUT2D eigenvalue weighted by Crippen LogP contribution is -2.39. The summed E-state index contributed by atoms with van der Waals surface area (Å²) in [7, 11) is 0. The van der Waals surface area contributed by atoms with Crippen molar-refractivity contribution in [3.63, 3.8) is 0 Å². The minimum atomic E-state index is -0.333. The molecule has 0 aliphatic rings. The Morgan fingerprint density at radius 3 is 2.67 bits per heavy atom. The van der Waals surface area contributed by atoms with Gasteiger partial charge >= 0.3 is 4.87 Å². The Hall–Kier alpha value is -2.25. The van der Waals surface area contributed by atoms with Gasteiger partial charge in [-0.2, -0.15) is 0 Å². The number of nitrogens with zero attached hydrogens (tertiary/aromatic N) is 4. The van der Waals surface area contributed by atoms with Gasteiger partial charge in [0.1, 0.15) is 5.69 Å².